The molecule has 8 nitrogen and oxygen atoms in total. The molecule has 0 radical (unpaired) electrons. The van der Waals surface area contributed by atoms with Gasteiger partial charge >= 0.3 is 11.7 Å². The van der Waals surface area contributed by atoms with Crippen LogP contribution in [0.2, 0.25) is 0 Å². The van der Waals surface area contributed by atoms with Crippen LogP contribution in [0.3, 0.4) is 0 Å². The minimum absolute atomic E-state index is 0.217. The second kappa shape index (κ2) is 8.37. The molecule has 8 heteroatoms. The highest BCUT2D eigenvalue weighted by molar-refractivity contribution is 5.69. The Morgan fingerprint density at radius 2 is 1.79 bits per heavy atom. The van der Waals surface area contributed by atoms with E-state index in [1.54, 1.807) is 17.9 Å². The Morgan fingerprint density at radius 3 is 2.50 bits per heavy atom. The summed E-state index contributed by atoms with van der Waals surface area (Å²) < 4.78 is 12.0. The fraction of sp³-hybridized carbons (Fsp3) is 0.350. The zero-order valence-electron chi connectivity index (χ0n) is 15.8. The van der Waals surface area contributed by atoms with Gasteiger partial charge in [0.15, 0.2) is 5.65 Å². The number of benzene rings is 1. The van der Waals surface area contributed by atoms with E-state index in [1.807, 2.05) is 0 Å². The van der Waals surface area contributed by atoms with E-state index in [0.29, 0.717) is 30.9 Å². The van der Waals surface area contributed by atoms with Crippen LogP contribution in [0, 0.1) is 0 Å². The highest BCUT2D eigenvalue weighted by atomic mass is 16.5. The van der Waals surface area contributed by atoms with Crippen molar-refractivity contribution in [1.82, 2.24) is 24.4 Å². The molecule has 3 aromatic rings. The molecule has 0 spiro atoms. The highest BCUT2D eigenvalue weighted by Gasteiger charge is 2.12. The molecule has 0 saturated heterocycles. The normalized spacial score (nSPS) is 14.2. The van der Waals surface area contributed by atoms with Crippen molar-refractivity contribution in [2.75, 3.05) is 33.4 Å². The van der Waals surface area contributed by atoms with Gasteiger partial charge in [-0.05, 0) is 11.1 Å². The Labute approximate surface area is 162 Å². The third-order valence-corrected chi connectivity index (χ3v) is 4.67. The van der Waals surface area contributed by atoms with Gasteiger partial charge < -0.3 is 14.5 Å². The third-order valence-electron chi connectivity index (χ3n) is 4.67. The Hall–Kier alpha value is -2.97. The molecule has 0 fully saturated rings. The number of aromatic nitrogens is 4. The fourth-order valence-corrected chi connectivity index (χ4v) is 3.20. The predicted octanol–water partition coefficient (Wildman–Crippen LogP) is 1.56. The van der Waals surface area contributed by atoms with Crippen LogP contribution >= 0.6 is 0 Å². The van der Waals surface area contributed by atoms with Crippen LogP contribution in [-0.2, 0) is 17.8 Å². The second-order valence-corrected chi connectivity index (χ2v) is 6.73. The summed E-state index contributed by atoms with van der Waals surface area (Å²) in [6.07, 6.45) is 5.94. The summed E-state index contributed by atoms with van der Waals surface area (Å²) in [6.45, 7) is 4.16. The van der Waals surface area contributed by atoms with Crippen LogP contribution in [0.15, 0.2) is 47.4 Å². The number of fused-ring (bicyclic) bond motifs is 1. The maximum atomic E-state index is 12.4. The van der Waals surface area contributed by atoms with Gasteiger partial charge in [0.2, 0.25) is 0 Å². The van der Waals surface area contributed by atoms with Gasteiger partial charge in [0.1, 0.15) is 12.1 Å². The largest absolute Gasteiger partial charge is 0.461 e. The van der Waals surface area contributed by atoms with Crippen LogP contribution in [0.4, 0.5) is 0 Å². The highest BCUT2D eigenvalue weighted by Crippen LogP contribution is 2.14. The van der Waals surface area contributed by atoms with Crippen molar-refractivity contribution in [2.24, 2.45) is 0 Å². The SMILES string of the molecule is COCCOc1ncc2[nH]c(=O)n(Cc3ccc(CN4CC=CC4)cc3)c2n1. The van der Waals surface area contributed by atoms with E-state index >= 15 is 0 Å². The maximum absolute atomic E-state index is 12.4. The van der Waals surface area contributed by atoms with Crippen molar-refractivity contribution in [3.05, 3.63) is 64.2 Å². The lowest BCUT2D eigenvalue weighted by Crippen LogP contribution is -2.19. The van der Waals surface area contributed by atoms with Gasteiger partial charge in [0.05, 0.1) is 19.3 Å². The van der Waals surface area contributed by atoms with Gasteiger partial charge in [0.25, 0.3) is 0 Å². The van der Waals surface area contributed by atoms with Crippen LogP contribution in [0.5, 0.6) is 6.01 Å². The molecule has 0 aliphatic carbocycles. The van der Waals surface area contributed by atoms with Gasteiger partial charge in [0, 0.05) is 26.7 Å². The van der Waals surface area contributed by atoms with Gasteiger partial charge in [-0.1, -0.05) is 36.4 Å². The predicted molar refractivity (Wildman–Crippen MR) is 105 cm³/mol. The number of rotatable bonds is 8. The summed E-state index contributed by atoms with van der Waals surface area (Å²) in [5, 5.41) is 0. The van der Waals surface area contributed by atoms with Gasteiger partial charge in [-0.25, -0.2) is 9.78 Å². The molecular formula is C20H23N5O3. The zero-order valence-corrected chi connectivity index (χ0v) is 15.8. The van der Waals surface area contributed by atoms with Crippen molar-refractivity contribution in [3.63, 3.8) is 0 Å². The summed E-state index contributed by atoms with van der Waals surface area (Å²) >= 11 is 0. The van der Waals surface area contributed by atoms with Crippen molar-refractivity contribution >= 4 is 11.2 Å². The molecule has 1 aromatic carbocycles. The van der Waals surface area contributed by atoms with E-state index in [-0.39, 0.29) is 11.7 Å². The first-order valence-corrected chi connectivity index (χ1v) is 9.25. The molecule has 0 atom stereocenters. The second-order valence-electron chi connectivity index (χ2n) is 6.73. The van der Waals surface area contributed by atoms with Crippen molar-refractivity contribution in [2.45, 2.75) is 13.1 Å². The smallest absolute Gasteiger partial charge is 0.328 e. The minimum atomic E-state index is -0.217. The quantitative estimate of drug-likeness (QED) is 0.471. The lowest BCUT2D eigenvalue weighted by atomic mass is 10.1. The lowest BCUT2D eigenvalue weighted by molar-refractivity contribution is 0.141. The monoisotopic (exact) mass is 381 g/mol. The number of nitrogens with zero attached hydrogens (tertiary/aromatic N) is 4. The average Bonchev–Trinajstić information content (AvgIpc) is 3.32. The number of imidazole rings is 1. The summed E-state index contributed by atoms with van der Waals surface area (Å²) in [4.78, 5) is 26.0. The summed E-state index contributed by atoms with van der Waals surface area (Å²) in [6, 6.07) is 8.57. The molecule has 1 aliphatic rings. The van der Waals surface area contributed by atoms with Crippen LogP contribution in [0.1, 0.15) is 11.1 Å². The fourth-order valence-electron chi connectivity index (χ4n) is 3.20. The summed E-state index contributed by atoms with van der Waals surface area (Å²) in [7, 11) is 1.60. The third kappa shape index (κ3) is 4.13. The van der Waals surface area contributed by atoms with E-state index in [2.05, 4.69) is 56.3 Å². The van der Waals surface area contributed by atoms with E-state index in [1.165, 1.54) is 5.56 Å². The molecule has 2 aromatic heterocycles. The summed E-state index contributed by atoms with van der Waals surface area (Å²) in [5.74, 6) is 0. The molecule has 3 heterocycles. The first kappa shape index (κ1) is 18.4. The van der Waals surface area contributed by atoms with Gasteiger partial charge in [-0.15, -0.1) is 0 Å². The van der Waals surface area contributed by atoms with Crippen molar-refractivity contribution < 1.29 is 9.47 Å². The molecule has 1 aliphatic heterocycles. The number of H-pyrrole nitrogens is 1. The molecule has 0 amide bonds. The Bertz CT molecular complexity index is 1010. The van der Waals surface area contributed by atoms with E-state index in [9.17, 15) is 4.79 Å². The van der Waals surface area contributed by atoms with Crippen molar-refractivity contribution in [3.8, 4) is 6.01 Å². The Balaban J connectivity index is 1.50. The van der Waals surface area contributed by atoms with Crippen LogP contribution in [0.25, 0.3) is 11.2 Å². The Morgan fingerprint density at radius 1 is 1.07 bits per heavy atom. The summed E-state index contributed by atoms with van der Waals surface area (Å²) in [5.41, 5.74) is 3.19. The van der Waals surface area contributed by atoms with E-state index in [0.717, 1.165) is 25.2 Å². The van der Waals surface area contributed by atoms with E-state index < -0.39 is 0 Å². The molecule has 4 rings (SSSR count). The number of nitrogens with one attached hydrogen (secondary N) is 1. The number of hydrogen-bond acceptors (Lipinski definition) is 6. The van der Waals surface area contributed by atoms with E-state index in [4.69, 9.17) is 9.47 Å². The van der Waals surface area contributed by atoms with Crippen LogP contribution in [-0.4, -0.2) is 57.8 Å². The number of hydrogen-bond donors (Lipinski definition) is 1. The van der Waals surface area contributed by atoms with Crippen molar-refractivity contribution in [1.29, 1.82) is 0 Å². The van der Waals surface area contributed by atoms with Gasteiger partial charge in [-0.3, -0.25) is 9.47 Å². The molecule has 0 saturated carbocycles. The zero-order chi connectivity index (χ0) is 19.3. The number of methoxy groups -OCH3 is 1. The number of ether oxygens (including phenoxy) is 2. The first-order valence-electron chi connectivity index (χ1n) is 9.25. The molecule has 0 unspecified atom stereocenters. The minimum Gasteiger partial charge on any atom is -0.461 e. The topological polar surface area (TPSA) is 85.3 Å². The maximum Gasteiger partial charge on any atom is 0.328 e. The standard InChI is InChI=1S/C20H23N5O3/c1-27-10-11-28-19-21-12-17-18(23-19)25(20(26)22-17)14-16-6-4-15(5-7-16)13-24-8-2-3-9-24/h2-7,12H,8-11,13-14H2,1H3,(H,22,26). The van der Waals surface area contributed by atoms with Crippen LogP contribution < -0.4 is 10.4 Å². The molecule has 28 heavy (non-hydrogen) atoms. The first-order chi connectivity index (χ1) is 13.7. The molecular weight excluding hydrogens is 358 g/mol. The lowest BCUT2D eigenvalue weighted by Gasteiger charge is -2.14. The molecule has 146 valence electrons. The Kier molecular flexibility index (Phi) is 5.50. The molecule has 0 bridgehead atoms. The molecule has 1 N–H and O–H groups in total. The van der Waals surface area contributed by atoms with Gasteiger partial charge in [-0.2, -0.15) is 4.98 Å². The average molecular weight is 381 g/mol. The number of aromatic amines is 1.